The Balaban J connectivity index is 1.89. The van der Waals surface area contributed by atoms with E-state index in [4.69, 9.17) is 10.1 Å². The standard InChI is InChI=1S/C16H15BrN4O2S/c1-2-13-20-21-14(18)12(15(22)19-16(21)24-13)9-10-4-3-5-11(8-10)23-7-6-17/h3-5,8-9,18H,2,6-7H2,1H3/b12-9-,18-14?. The predicted octanol–water partition coefficient (Wildman–Crippen LogP) is 3.49. The Hall–Kier alpha value is -1.93. The van der Waals surface area contributed by atoms with Gasteiger partial charge in [-0.3, -0.25) is 10.2 Å². The number of fused-ring (bicyclic) bond motifs is 1. The number of thioether (sulfide) groups is 1. The molecule has 1 N–H and O–H groups in total. The number of carbonyl (C=O) groups excluding carboxylic acids is 1. The average molecular weight is 407 g/mol. The van der Waals surface area contributed by atoms with E-state index in [0.717, 1.165) is 22.4 Å². The van der Waals surface area contributed by atoms with Crippen LogP contribution in [-0.2, 0) is 4.79 Å². The molecule has 0 saturated heterocycles. The van der Waals surface area contributed by atoms with Crippen LogP contribution in [0.15, 0.2) is 39.9 Å². The molecule has 24 heavy (non-hydrogen) atoms. The highest BCUT2D eigenvalue weighted by atomic mass is 79.9. The van der Waals surface area contributed by atoms with Crippen LogP contribution in [-0.4, -0.2) is 38.9 Å². The molecule has 0 saturated carbocycles. The van der Waals surface area contributed by atoms with Crippen molar-refractivity contribution in [3.63, 3.8) is 0 Å². The summed E-state index contributed by atoms with van der Waals surface area (Å²) in [5, 5.41) is 16.1. The molecule has 6 nitrogen and oxygen atoms in total. The van der Waals surface area contributed by atoms with Gasteiger partial charge in [-0.05, 0) is 42.0 Å². The van der Waals surface area contributed by atoms with E-state index in [2.05, 4.69) is 26.0 Å². The number of nitrogens with zero attached hydrogens (tertiary/aromatic N) is 3. The number of carbonyl (C=O) groups is 1. The quantitative estimate of drug-likeness (QED) is 0.599. The number of hydrogen-bond donors (Lipinski definition) is 1. The Labute approximate surface area is 152 Å². The number of benzene rings is 1. The first kappa shape index (κ1) is 16.9. The second-order valence-corrected chi connectivity index (χ2v) is 6.81. The van der Waals surface area contributed by atoms with Crippen LogP contribution in [0.5, 0.6) is 5.75 Å². The summed E-state index contributed by atoms with van der Waals surface area (Å²) in [6.07, 6.45) is 2.39. The molecular formula is C16H15BrN4O2S. The van der Waals surface area contributed by atoms with Gasteiger partial charge in [0.25, 0.3) is 5.91 Å². The molecular weight excluding hydrogens is 392 g/mol. The van der Waals surface area contributed by atoms with Crippen LogP contribution in [0, 0.1) is 5.41 Å². The molecule has 3 rings (SSSR count). The van der Waals surface area contributed by atoms with Crippen molar-refractivity contribution in [1.29, 1.82) is 5.41 Å². The highest BCUT2D eigenvalue weighted by Gasteiger charge is 2.34. The van der Waals surface area contributed by atoms with Gasteiger partial charge in [0, 0.05) is 5.33 Å². The topological polar surface area (TPSA) is 78.1 Å². The molecule has 0 fully saturated rings. The van der Waals surface area contributed by atoms with Crippen LogP contribution in [0.1, 0.15) is 18.9 Å². The molecule has 0 unspecified atom stereocenters. The number of hydrazone groups is 1. The molecule has 0 spiro atoms. The summed E-state index contributed by atoms with van der Waals surface area (Å²) >= 11 is 4.65. The average Bonchev–Trinajstić information content (AvgIpc) is 3.00. The third-order valence-electron chi connectivity index (χ3n) is 3.31. The van der Waals surface area contributed by atoms with Crippen molar-refractivity contribution >= 4 is 55.7 Å². The SMILES string of the molecule is CCC1=NN2C(=N)/C(=C/c3cccc(OCCBr)c3)C(=O)N=C2S1. The highest BCUT2D eigenvalue weighted by Crippen LogP contribution is 2.29. The highest BCUT2D eigenvalue weighted by molar-refractivity contribution is 9.09. The third-order valence-corrected chi connectivity index (χ3v) is 4.69. The van der Waals surface area contributed by atoms with Crippen molar-refractivity contribution in [3.8, 4) is 5.75 Å². The summed E-state index contributed by atoms with van der Waals surface area (Å²) in [6, 6.07) is 7.38. The molecule has 124 valence electrons. The van der Waals surface area contributed by atoms with Crippen molar-refractivity contribution in [1.82, 2.24) is 5.01 Å². The Bertz CT molecular complexity index is 788. The Morgan fingerprint density at radius 1 is 1.46 bits per heavy atom. The van der Waals surface area contributed by atoms with Crippen molar-refractivity contribution in [2.75, 3.05) is 11.9 Å². The summed E-state index contributed by atoms with van der Waals surface area (Å²) in [5.74, 6) is 0.344. The van der Waals surface area contributed by atoms with Crippen LogP contribution in [0.2, 0.25) is 0 Å². The van der Waals surface area contributed by atoms with Crippen molar-refractivity contribution < 1.29 is 9.53 Å². The minimum absolute atomic E-state index is 0.0488. The van der Waals surface area contributed by atoms with E-state index < -0.39 is 5.91 Å². The lowest BCUT2D eigenvalue weighted by molar-refractivity contribution is -0.114. The Morgan fingerprint density at radius 2 is 2.29 bits per heavy atom. The molecule has 0 aromatic heterocycles. The largest absolute Gasteiger partial charge is 0.493 e. The molecule has 2 aliphatic rings. The first-order valence-corrected chi connectivity index (χ1v) is 9.34. The summed E-state index contributed by atoms with van der Waals surface area (Å²) in [6.45, 7) is 2.54. The number of amidine groups is 2. The first-order valence-electron chi connectivity index (χ1n) is 7.40. The summed E-state index contributed by atoms with van der Waals surface area (Å²) in [7, 11) is 0. The van der Waals surface area contributed by atoms with Gasteiger partial charge in [0.15, 0.2) is 5.84 Å². The number of rotatable bonds is 5. The number of amides is 1. The molecule has 0 aliphatic carbocycles. The normalized spacial score (nSPS) is 18.6. The fraction of sp³-hybridized carbons (Fsp3) is 0.250. The zero-order chi connectivity index (χ0) is 17.1. The second-order valence-electron chi connectivity index (χ2n) is 4.98. The maximum Gasteiger partial charge on any atom is 0.283 e. The van der Waals surface area contributed by atoms with E-state index in [-0.39, 0.29) is 11.4 Å². The van der Waals surface area contributed by atoms with Gasteiger partial charge in [-0.1, -0.05) is 35.0 Å². The maximum atomic E-state index is 12.3. The van der Waals surface area contributed by atoms with Crippen LogP contribution in [0.4, 0.5) is 0 Å². The summed E-state index contributed by atoms with van der Waals surface area (Å²) in [5.41, 5.74) is 0.999. The molecule has 2 aliphatic heterocycles. The molecule has 8 heteroatoms. The maximum absolute atomic E-state index is 12.3. The van der Waals surface area contributed by atoms with Crippen LogP contribution in [0.3, 0.4) is 0 Å². The predicted molar refractivity (Wildman–Crippen MR) is 101 cm³/mol. The van der Waals surface area contributed by atoms with Crippen LogP contribution >= 0.6 is 27.7 Å². The third kappa shape index (κ3) is 3.44. The lowest BCUT2D eigenvalue weighted by Crippen LogP contribution is -2.35. The van der Waals surface area contributed by atoms with Gasteiger partial charge < -0.3 is 4.74 Å². The van der Waals surface area contributed by atoms with Gasteiger partial charge in [0.05, 0.1) is 12.2 Å². The zero-order valence-corrected chi connectivity index (χ0v) is 15.4. The number of halogens is 1. The van der Waals surface area contributed by atoms with Gasteiger partial charge in [0.1, 0.15) is 10.8 Å². The number of ether oxygens (including phenoxy) is 1. The monoisotopic (exact) mass is 406 g/mol. The fourth-order valence-electron chi connectivity index (χ4n) is 2.19. The fourth-order valence-corrected chi connectivity index (χ4v) is 3.18. The van der Waals surface area contributed by atoms with E-state index in [1.165, 1.54) is 16.8 Å². The van der Waals surface area contributed by atoms with Crippen LogP contribution in [0.25, 0.3) is 6.08 Å². The molecule has 0 atom stereocenters. The number of alkyl halides is 1. The molecule has 1 amide bonds. The van der Waals surface area contributed by atoms with E-state index in [0.29, 0.717) is 17.5 Å². The second kappa shape index (κ2) is 7.31. The van der Waals surface area contributed by atoms with Gasteiger partial charge >= 0.3 is 0 Å². The van der Waals surface area contributed by atoms with Crippen molar-refractivity contribution in [3.05, 3.63) is 35.4 Å². The zero-order valence-electron chi connectivity index (χ0n) is 13.0. The Morgan fingerprint density at radius 3 is 3.04 bits per heavy atom. The van der Waals surface area contributed by atoms with Gasteiger partial charge in [0.2, 0.25) is 5.17 Å². The molecule has 2 heterocycles. The van der Waals surface area contributed by atoms with Crippen molar-refractivity contribution in [2.45, 2.75) is 13.3 Å². The lowest BCUT2D eigenvalue weighted by Gasteiger charge is -2.20. The number of nitrogens with one attached hydrogen (secondary N) is 1. The van der Waals surface area contributed by atoms with E-state index >= 15 is 0 Å². The Kier molecular flexibility index (Phi) is 5.15. The molecule has 0 radical (unpaired) electrons. The van der Waals surface area contributed by atoms with Crippen LogP contribution < -0.4 is 4.74 Å². The van der Waals surface area contributed by atoms with E-state index in [1.807, 2.05) is 31.2 Å². The van der Waals surface area contributed by atoms with E-state index in [9.17, 15) is 4.79 Å². The van der Waals surface area contributed by atoms with Crippen molar-refractivity contribution in [2.24, 2.45) is 10.1 Å². The first-order chi connectivity index (χ1) is 11.6. The van der Waals surface area contributed by atoms with Gasteiger partial charge in [-0.2, -0.15) is 15.1 Å². The minimum atomic E-state index is -0.418. The van der Waals surface area contributed by atoms with Gasteiger partial charge in [-0.25, -0.2) is 0 Å². The number of hydrogen-bond acceptors (Lipinski definition) is 5. The van der Waals surface area contributed by atoms with Gasteiger partial charge in [-0.15, -0.1) is 0 Å². The number of aliphatic imine (C=N–C) groups is 1. The lowest BCUT2D eigenvalue weighted by atomic mass is 10.1. The molecule has 0 bridgehead atoms. The summed E-state index contributed by atoms with van der Waals surface area (Å²) < 4.78 is 5.56. The molecule has 1 aromatic carbocycles. The summed E-state index contributed by atoms with van der Waals surface area (Å²) in [4.78, 5) is 16.3. The molecule has 1 aromatic rings. The van der Waals surface area contributed by atoms with E-state index in [1.54, 1.807) is 6.08 Å². The minimum Gasteiger partial charge on any atom is -0.493 e. The smallest absolute Gasteiger partial charge is 0.283 e.